The summed E-state index contributed by atoms with van der Waals surface area (Å²) in [7, 11) is 0. The Morgan fingerprint density at radius 3 is 2.39 bits per heavy atom. The van der Waals surface area contributed by atoms with Crippen LogP contribution in [-0.4, -0.2) is 12.5 Å². The molecule has 0 saturated heterocycles. The van der Waals surface area contributed by atoms with Gasteiger partial charge >= 0.3 is 0 Å². The van der Waals surface area contributed by atoms with Crippen LogP contribution in [0.15, 0.2) is 66.7 Å². The van der Waals surface area contributed by atoms with E-state index in [4.69, 9.17) is 5.73 Å². The zero-order valence-electron chi connectivity index (χ0n) is 16.5. The maximum atomic E-state index is 13.2. The normalized spacial score (nSPS) is 15.7. The number of benzene rings is 3. The fraction of sp³-hybridized carbons (Fsp3) is 0.240. The van der Waals surface area contributed by atoms with Crippen molar-refractivity contribution in [2.24, 2.45) is 0 Å². The first-order chi connectivity index (χ1) is 13.6. The Kier molecular flexibility index (Phi) is 4.91. The Hall–Kier alpha value is -3.07. The van der Waals surface area contributed by atoms with Crippen molar-refractivity contribution in [2.45, 2.75) is 32.6 Å². The minimum atomic E-state index is -0.184. The Balaban J connectivity index is 1.76. The van der Waals surface area contributed by atoms with Gasteiger partial charge in [0, 0.05) is 17.9 Å². The molecular weight excluding hydrogens is 344 g/mol. The molecular formula is C25H26N2O. The van der Waals surface area contributed by atoms with Gasteiger partial charge in [-0.15, -0.1) is 0 Å². The van der Waals surface area contributed by atoms with E-state index in [0.717, 1.165) is 41.0 Å². The number of hydrogen-bond donors (Lipinski definition) is 1. The molecule has 28 heavy (non-hydrogen) atoms. The lowest BCUT2D eigenvalue weighted by atomic mass is 9.90. The number of nitrogen functional groups attached to an aromatic ring is 1. The Morgan fingerprint density at radius 1 is 0.964 bits per heavy atom. The molecule has 4 rings (SSSR count). The van der Waals surface area contributed by atoms with Crippen molar-refractivity contribution in [3.63, 3.8) is 0 Å². The van der Waals surface area contributed by atoms with Crippen LogP contribution in [0, 0.1) is 6.92 Å². The van der Waals surface area contributed by atoms with Gasteiger partial charge in [0.25, 0.3) is 0 Å². The zero-order valence-corrected chi connectivity index (χ0v) is 16.5. The van der Waals surface area contributed by atoms with E-state index in [9.17, 15) is 4.79 Å². The monoisotopic (exact) mass is 370 g/mol. The van der Waals surface area contributed by atoms with Crippen molar-refractivity contribution >= 4 is 17.3 Å². The summed E-state index contributed by atoms with van der Waals surface area (Å²) in [5.41, 5.74) is 13.7. The van der Waals surface area contributed by atoms with Crippen LogP contribution in [0.3, 0.4) is 0 Å². The first-order valence-corrected chi connectivity index (χ1v) is 9.94. The van der Waals surface area contributed by atoms with Gasteiger partial charge in [0.05, 0.1) is 5.92 Å². The molecule has 0 aromatic heterocycles. The standard InChI is InChI=1S/C25H26N2O/c1-3-14-27-24-13-12-19(18-10-8-17(2)9-11-18)15-21(24)22(25(27)28)16-20-6-4-5-7-23(20)26/h4-13,15,22H,3,14,16,26H2,1-2H3. The average Bonchev–Trinajstić information content (AvgIpc) is 2.96. The third-order valence-corrected chi connectivity index (χ3v) is 5.57. The summed E-state index contributed by atoms with van der Waals surface area (Å²) in [5.74, 6) is -0.00203. The van der Waals surface area contributed by atoms with Gasteiger partial charge in [-0.3, -0.25) is 4.79 Å². The van der Waals surface area contributed by atoms with E-state index in [0.29, 0.717) is 6.42 Å². The maximum absolute atomic E-state index is 13.2. The van der Waals surface area contributed by atoms with E-state index >= 15 is 0 Å². The number of fused-ring (bicyclic) bond motifs is 1. The highest BCUT2D eigenvalue weighted by atomic mass is 16.2. The van der Waals surface area contributed by atoms with Crippen LogP contribution in [0.2, 0.25) is 0 Å². The summed E-state index contributed by atoms with van der Waals surface area (Å²) in [4.78, 5) is 15.2. The van der Waals surface area contributed by atoms with Gasteiger partial charge < -0.3 is 10.6 Å². The fourth-order valence-corrected chi connectivity index (χ4v) is 4.04. The van der Waals surface area contributed by atoms with E-state index < -0.39 is 0 Å². The number of carbonyl (C=O) groups excluding carboxylic acids is 1. The van der Waals surface area contributed by atoms with Gasteiger partial charge in [0.2, 0.25) is 5.91 Å². The second-order valence-electron chi connectivity index (χ2n) is 7.59. The molecule has 1 atom stereocenters. The second-order valence-corrected chi connectivity index (χ2v) is 7.59. The third kappa shape index (κ3) is 3.29. The second kappa shape index (κ2) is 7.51. The molecule has 142 valence electrons. The molecule has 3 aromatic carbocycles. The van der Waals surface area contributed by atoms with Crippen molar-refractivity contribution in [3.05, 3.63) is 83.4 Å². The largest absolute Gasteiger partial charge is 0.399 e. The molecule has 0 saturated carbocycles. The Bertz CT molecular complexity index is 1010. The molecule has 0 bridgehead atoms. The lowest BCUT2D eigenvalue weighted by Gasteiger charge is -2.17. The van der Waals surface area contributed by atoms with Crippen molar-refractivity contribution in [3.8, 4) is 11.1 Å². The number of rotatable bonds is 5. The summed E-state index contributed by atoms with van der Waals surface area (Å²) in [6, 6.07) is 22.8. The number of amides is 1. The summed E-state index contributed by atoms with van der Waals surface area (Å²) >= 11 is 0. The summed E-state index contributed by atoms with van der Waals surface area (Å²) in [5, 5.41) is 0. The minimum Gasteiger partial charge on any atom is -0.399 e. The van der Waals surface area contributed by atoms with Crippen LogP contribution in [0.5, 0.6) is 0 Å². The molecule has 1 aliphatic rings. The van der Waals surface area contributed by atoms with Gasteiger partial charge in [-0.1, -0.05) is 61.0 Å². The molecule has 3 aromatic rings. The fourth-order valence-electron chi connectivity index (χ4n) is 4.04. The first kappa shape index (κ1) is 18.3. The van der Waals surface area contributed by atoms with Gasteiger partial charge in [0.1, 0.15) is 0 Å². The molecule has 0 spiro atoms. The van der Waals surface area contributed by atoms with Crippen LogP contribution < -0.4 is 10.6 Å². The molecule has 2 N–H and O–H groups in total. The van der Waals surface area contributed by atoms with Gasteiger partial charge in [-0.25, -0.2) is 0 Å². The number of carbonyl (C=O) groups is 1. The van der Waals surface area contributed by atoms with Crippen LogP contribution in [0.25, 0.3) is 11.1 Å². The molecule has 3 nitrogen and oxygen atoms in total. The Morgan fingerprint density at radius 2 is 1.68 bits per heavy atom. The van der Waals surface area contributed by atoms with Crippen LogP contribution in [0.1, 0.15) is 36.0 Å². The molecule has 0 aliphatic carbocycles. The average molecular weight is 370 g/mol. The minimum absolute atomic E-state index is 0.182. The van der Waals surface area contributed by atoms with Gasteiger partial charge in [0.15, 0.2) is 0 Å². The Labute approximate surface area is 166 Å². The highest BCUT2D eigenvalue weighted by Gasteiger charge is 2.37. The van der Waals surface area contributed by atoms with Crippen molar-refractivity contribution in [1.29, 1.82) is 0 Å². The molecule has 1 amide bonds. The molecule has 1 aliphatic heterocycles. The summed E-state index contributed by atoms with van der Waals surface area (Å²) in [6.45, 7) is 4.95. The maximum Gasteiger partial charge on any atom is 0.234 e. The molecule has 1 heterocycles. The smallest absolute Gasteiger partial charge is 0.234 e. The predicted molar refractivity (Wildman–Crippen MR) is 117 cm³/mol. The SMILES string of the molecule is CCCN1C(=O)C(Cc2ccccc2N)c2cc(-c3ccc(C)cc3)ccc21. The summed E-state index contributed by atoms with van der Waals surface area (Å²) < 4.78 is 0. The number of anilines is 2. The lowest BCUT2D eigenvalue weighted by Crippen LogP contribution is -2.30. The van der Waals surface area contributed by atoms with E-state index in [1.165, 1.54) is 11.1 Å². The number of nitrogens with zero attached hydrogens (tertiary/aromatic N) is 1. The van der Waals surface area contributed by atoms with Crippen LogP contribution in [0.4, 0.5) is 11.4 Å². The third-order valence-electron chi connectivity index (χ3n) is 5.57. The number of para-hydroxylation sites is 1. The van der Waals surface area contributed by atoms with Crippen LogP contribution in [-0.2, 0) is 11.2 Å². The van der Waals surface area contributed by atoms with Crippen molar-refractivity contribution in [2.75, 3.05) is 17.2 Å². The number of hydrogen-bond acceptors (Lipinski definition) is 2. The topological polar surface area (TPSA) is 46.3 Å². The highest BCUT2D eigenvalue weighted by Crippen LogP contribution is 2.42. The van der Waals surface area contributed by atoms with E-state index in [1.807, 2.05) is 29.2 Å². The van der Waals surface area contributed by atoms with E-state index in [2.05, 4.69) is 56.3 Å². The molecule has 1 unspecified atom stereocenters. The van der Waals surface area contributed by atoms with E-state index in [1.54, 1.807) is 0 Å². The number of aryl methyl sites for hydroxylation is 1. The predicted octanol–water partition coefficient (Wildman–Crippen LogP) is 5.33. The quantitative estimate of drug-likeness (QED) is 0.617. The zero-order chi connectivity index (χ0) is 19.7. The van der Waals surface area contributed by atoms with Gasteiger partial charge in [-0.2, -0.15) is 0 Å². The van der Waals surface area contributed by atoms with Gasteiger partial charge in [-0.05, 0) is 60.2 Å². The molecule has 0 fully saturated rings. The lowest BCUT2D eigenvalue weighted by molar-refractivity contribution is -0.119. The van der Waals surface area contributed by atoms with Crippen molar-refractivity contribution < 1.29 is 4.79 Å². The summed E-state index contributed by atoms with van der Waals surface area (Å²) in [6.07, 6.45) is 1.57. The molecule has 0 radical (unpaired) electrons. The first-order valence-electron chi connectivity index (χ1n) is 9.94. The van der Waals surface area contributed by atoms with Crippen molar-refractivity contribution in [1.82, 2.24) is 0 Å². The van der Waals surface area contributed by atoms with Crippen LogP contribution >= 0.6 is 0 Å². The highest BCUT2D eigenvalue weighted by molar-refractivity contribution is 6.05. The molecule has 3 heteroatoms. The van der Waals surface area contributed by atoms with E-state index in [-0.39, 0.29) is 11.8 Å². The number of nitrogens with two attached hydrogens (primary N) is 1.